The first-order chi connectivity index (χ1) is 38.8. The van der Waals surface area contributed by atoms with Crippen LogP contribution in [-0.2, 0) is 32.7 Å². The summed E-state index contributed by atoms with van der Waals surface area (Å²) in [4.78, 5) is 35.3. The van der Waals surface area contributed by atoms with Crippen molar-refractivity contribution in [2.24, 2.45) is 5.73 Å². The molecule has 0 aliphatic carbocycles. The molecule has 0 aromatic rings. The quantitative estimate of drug-likeness (QED) is 0.0264. The summed E-state index contributed by atoms with van der Waals surface area (Å²) in [5, 5.41) is 0. The molecule has 0 spiro atoms. The third kappa shape index (κ3) is 63.5. The third-order valence-electron chi connectivity index (χ3n) is 13.3. The van der Waals surface area contributed by atoms with Crippen LogP contribution in [0.3, 0.4) is 0 Å². The molecule has 0 amide bonds. The fourth-order valence-corrected chi connectivity index (χ4v) is 9.46. The SMILES string of the molecule is CC/C=C\C/C=C\C/C=C\C/C=C\C/C=C\CCCCCCCCCCCCCCCCCCCCCC(=O)OC(COC(=O)CCCCCCCCC/C=C\C/C=C\C/C=C\C/C=C\C/C=C\CC)COP(=O)(O)OCCN. The smallest absolute Gasteiger partial charge is 0.462 e. The minimum Gasteiger partial charge on any atom is -0.462 e. The number of ether oxygens (including phenoxy) is 2. The standard InChI is InChI=1S/C69H118NO8P/c1-3-5-7-9-11-13-15-17-19-21-23-25-27-28-29-30-31-32-33-34-35-36-37-38-40-42-44-46-48-50-52-54-56-58-60-62-69(72)78-67(66-77-79(73,74)76-64-63-70)65-75-68(71)61-59-57-55-53-51-49-47-45-43-41-39-26-24-22-20-18-16-14-12-10-8-6-4-2/h5-8,11-14,17-20,23-26,28-29,41,43,67H,3-4,9-10,15-16,21-22,27,30-40,42,44-66,70H2,1-2H3,(H,73,74)/b7-5-,8-6-,13-11-,14-12-,19-17-,20-18-,25-23-,26-24-,29-28-,43-41-. The van der Waals surface area contributed by atoms with Crippen molar-refractivity contribution < 1.29 is 37.6 Å². The maximum Gasteiger partial charge on any atom is 0.472 e. The minimum atomic E-state index is -4.40. The van der Waals surface area contributed by atoms with E-state index >= 15 is 0 Å². The van der Waals surface area contributed by atoms with Gasteiger partial charge in [0.1, 0.15) is 6.61 Å². The van der Waals surface area contributed by atoms with Crippen LogP contribution >= 0.6 is 7.82 Å². The molecule has 0 heterocycles. The van der Waals surface area contributed by atoms with E-state index < -0.39 is 32.5 Å². The van der Waals surface area contributed by atoms with Crippen LogP contribution in [0, 0.1) is 0 Å². The third-order valence-corrected chi connectivity index (χ3v) is 14.3. The molecule has 10 heteroatoms. The number of hydrogen-bond donors (Lipinski definition) is 2. The molecule has 0 saturated carbocycles. The van der Waals surface area contributed by atoms with Crippen molar-refractivity contribution in [3.05, 3.63) is 122 Å². The lowest BCUT2D eigenvalue weighted by atomic mass is 10.0. The Bertz CT molecular complexity index is 1710. The second-order valence-electron chi connectivity index (χ2n) is 20.9. The molecular weight excluding hydrogens is 1000 g/mol. The molecule has 0 radical (unpaired) electrons. The summed E-state index contributed by atoms with van der Waals surface area (Å²) in [6, 6.07) is 0. The molecule has 0 saturated heterocycles. The number of rotatable bonds is 59. The summed E-state index contributed by atoms with van der Waals surface area (Å²) in [6.07, 6.45) is 88.4. The molecule has 2 unspecified atom stereocenters. The highest BCUT2D eigenvalue weighted by Crippen LogP contribution is 2.43. The first-order valence-corrected chi connectivity index (χ1v) is 33.5. The summed E-state index contributed by atoms with van der Waals surface area (Å²) >= 11 is 0. The van der Waals surface area contributed by atoms with E-state index in [1.54, 1.807) is 0 Å². The van der Waals surface area contributed by atoms with Crippen LogP contribution in [-0.4, -0.2) is 49.3 Å². The highest BCUT2D eigenvalue weighted by Gasteiger charge is 2.26. The predicted molar refractivity (Wildman–Crippen MR) is 339 cm³/mol. The Hall–Kier alpha value is -3.59. The molecule has 3 N–H and O–H groups in total. The minimum absolute atomic E-state index is 0.0474. The van der Waals surface area contributed by atoms with Gasteiger partial charge in [0.2, 0.25) is 0 Å². The van der Waals surface area contributed by atoms with E-state index in [0.717, 1.165) is 109 Å². The summed E-state index contributed by atoms with van der Waals surface area (Å²) in [5.41, 5.74) is 5.39. The van der Waals surface area contributed by atoms with Crippen molar-refractivity contribution in [2.75, 3.05) is 26.4 Å². The fraction of sp³-hybridized carbons (Fsp3) is 0.681. The first-order valence-electron chi connectivity index (χ1n) is 32.0. The topological polar surface area (TPSA) is 134 Å². The van der Waals surface area contributed by atoms with Gasteiger partial charge in [0.05, 0.1) is 13.2 Å². The Kier molecular flexibility index (Phi) is 60.7. The molecular formula is C69H118NO8P. The largest absolute Gasteiger partial charge is 0.472 e. The Labute approximate surface area is 485 Å². The van der Waals surface area contributed by atoms with Gasteiger partial charge in [0, 0.05) is 19.4 Å². The van der Waals surface area contributed by atoms with Crippen LogP contribution in [0.1, 0.15) is 271 Å². The number of phosphoric acid groups is 1. The lowest BCUT2D eigenvalue weighted by Gasteiger charge is -2.19. The van der Waals surface area contributed by atoms with Crippen LogP contribution < -0.4 is 5.73 Å². The number of esters is 2. The zero-order valence-electron chi connectivity index (χ0n) is 50.6. The zero-order chi connectivity index (χ0) is 57.3. The van der Waals surface area contributed by atoms with Gasteiger partial charge >= 0.3 is 19.8 Å². The number of hydrogen-bond acceptors (Lipinski definition) is 8. The summed E-state index contributed by atoms with van der Waals surface area (Å²) in [5.74, 6) is -0.839. The van der Waals surface area contributed by atoms with Crippen molar-refractivity contribution in [2.45, 2.75) is 277 Å². The monoisotopic (exact) mass is 1120 g/mol. The van der Waals surface area contributed by atoms with Crippen LogP contribution in [0.2, 0.25) is 0 Å². The van der Waals surface area contributed by atoms with Crippen LogP contribution in [0.15, 0.2) is 122 Å². The van der Waals surface area contributed by atoms with Crippen molar-refractivity contribution in [1.82, 2.24) is 0 Å². The number of carbonyl (C=O) groups excluding carboxylic acids is 2. The van der Waals surface area contributed by atoms with Gasteiger partial charge < -0.3 is 20.1 Å². The van der Waals surface area contributed by atoms with Crippen molar-refractivity contribution in [3.63, 3.8) is 0 Å². The Morgan fingerprint density at radius 3 is 0.975 bits per heavy atom. The Balaban J connectivity index is 3.92. The molecule has 0 aliphatic heterocycles. The number of nitrogens with two attached hydrogens (primary N) is 1. The van der Waals surface area contributed by atoms with Gasteiger partial charge in [-0.3, -0.25) is 18.6 Å². The van der Waals surface area contributed by atoms with Crippen molar-refractivity contribution >= 4 is 19.8 Å². The average molecular weight is 1120 g/mol. The molecule has 79 heavy (non-hydrogen) atoms. The number of unbranched alkanes of at least 4 members (excludes halogenated alkanes) is 26. The normalized spacial score (nSPS) is 13.8. The zero-order valence-corrected chi connectivity index (χ0v) is 51.5. The van der Waals surface area contributed by atoms with Gasteiger partial charge in [-0.05, 0) is 103 Å². The molecule has 2 atom stereocenters. The second kappa shape index (κ2) is 63.6. The fourth-order valence-electron chi connectivity index (χ4n) is 8.69. The van der Waals surface area contributed by atoms with E-state index in [9.17, 15) is 19.0 Å². The maximum atomic E-state index is 12.7. The van der Waals surface area contributed by atoms with Gasteiger partial charge in [-0.2, -0.15) is 0 Å². The van der Waals surface area contributed by atoms with Gasteiger partial charge in [-0.25, -0.2) is 4.57 Å². The van der Waals surface area contributed by atoms with Crippen molar-refractivity contribution in [1.29, 1.82) is 0 Å². The van der Waals surface area contributed by atoms with Crippen LogP contribution in [0.4, 0.5) is 0 Å². The van der Waals surface area contributed by atoms with Crippen molar-refractivity contribution in [3.8, 4) is 0 Å². The van der Waals surface area contributed by atoms with E-state index in [1.165, 1.54) is 122 Å². The molecule has 9 nitrogen and oxygen atoms in total. The molecule has 0 bridgehead atoms. The van der Waals surface area contributed by atoms with Gasteiger partial charge in [0.25, 0.3) is 0 Å². The Morgan fingerprint density at radius 2 is 0.658 bits per heavy atom. The van der Waals surface area contributed by atoms with Crippen LogP contribution in [0.5, 0.6) is 0 Å². The van der Waals surface area contributed by atoms with Gasteiger partial charge in [0.15, 0.2) is 6.10 Å². The molecule has 0 rings (SSSR count). The maximum absolute atomic E-state index is 12.7. The summed E-state index contributed by atoms with van der Waals surface area (Å²) in [7, 11) is -4.40. The average Bonchev–Trinajstić information content (AvgIpc) is 3.44. The summed E-state index contributed by atoms with van der Waals surface area (Å²) < 4.78 is 33.1. The summed E-state index contributed by atoms with van der Waals surface area (Å²) in [6.45, 7) is 3.52. The molecule has 452 valence electrons. The number of allylic oxidation sites excluding steroid dienone is 20. The highest BCUT2D eigenvalue weighted by molar-refractivity contribution is 7.47. The van der Waals surface area contributed by atoms with Gasteiger partial charge in [-0.1, -0.05) is 277 Å². The molecule has 0 aromatic carbocycles. The lowest BCUT2D eigenvalue weighted by Crippen LogP contribution is -2.29. The van der Waals surface area contributed by atoms with E-state index in [4.69, 9.17) is 24.3 Å². The lowest BCUT2D eigenvalue weighted by molar-refractivity contribution is -0.161. The van der Waals surface area contributed by atoms with E-state index in [-0.39, 0.29) is 32.6 Å². The van der Waals surface area contributed by atoms with E-state index in [2.05, 4.69) is 135 Å². The molecule has 0 aromatic heterocycles. The molecule has 0 aliphatic rings. The number of phosphoric ester groups is 1. The van der Waals surface area contributed by atoms with Crippen LogP contribution in [0.25, 0.3) is 0 Å². The van der Waals surface area contributed by atoms with E-state index in [1.807, 2.05) is 0 Å². The Morgan fingerprint density at radius 1 is 0.380 bits per heavy atom. The number of carbonyl (C=O) groups is 2. The second-order valence-corrected chi connectivity index (χ2v) is 22.3. The van der Waals surface area contributed by atoms with E-state index in [0.29, 0.717) is 12.8 Å². The van der Waals surface area contributed by atoms with Gasteiger partial charge in [-0.15, -0.1) is 0 Å². The first kappa shape index (κ1) is 75.4. The predicted octanol–water partition coefficient (Wildman–Crippen LogP) is 20.7. The highest BCUT2D eigenvalue weighted by atomic mass is 31.2. The molecule has 0 fully saturated rings.